The van der Waals surface area contributed by atoms with Crippen molar-refractivity contribution in [3.63, 3.8) is 0 Å². The minimum atomic E-state index is 0.0466. The van der Waals surface area contributed by atoms with Crippen molar-refractivity contribution < 1.29 is 4.42 Å². The van der Waals surface area contributed by atoms with Gasteiger partial charge in [0.2, 0.25) is 0 Å². The Morgan fingerprint density at radius 2 is 2.20 bits per heavy atom. The van der Waals surface area contributed by atoms with E-state index in [1.807, 2.05) is 24.5 Å². The Hall–Kier alpha value is -2.12. The minimum absolute atomic E-state index is 0.0466. The molecular weight excluding hydrogens is 334 g/mol. The van der Waals surface area contributed by atoms with Crippen LogP contribution in [0.2, 0.25) is 0 Å². The summed E-state index contributed by atoms with van der Waals surface area (Å²) in [7, 11) is 0. The van der Waals surface area contributed by atoms with E-state index >= 15 is 0 Å². The molecule has 3 aromatic rings. The van der Waals surface area contributed by atoms with Gasteiger partial charge in [0.05, 0.1) is 30.9 Å². The molecular formula is C18H21N5OS. The van der Waals surface area contributed by atoms with Gasteiger partial charge in [-0.15, -0.1) is 0 Å². The smallest absolute Gasteiger partial charge is 0.187 e. The third-order valence-corrected chi connectivity index (χ3v) is 5.44. The van der Waals surface area contributed by atoms with Crippen LogP contribution in [0.1, 0.15) is 42.1 Å². The van der Waals surface area contributed by atoms with Gasteiger partial charge in [-0.05, 0) is 18.6 Å². The molecule has 0 unspecified atom stereocenters. The van der Waals surface area contributed by atoms with Gasteiger partial charge in [-0.1, -0.05) is 18.7 Å². The lowest BCUT2D eigenvalue weighted by Crippen LogP contribution is -2.35. The Bertz CT molecular complexity index is 799. The average molecular weight is 355 g/mol. The van der Waals surface area contributed by atoms with Crippen LogP contribution in [0.4, 0.5) is 0 Å². The SMILES string of the molecule is CCCSc1ncc([C@H]2c3nc[nH]c3CCN2Cc2ccco2)cn1. The van der Waals surface area contributed by atoms with Crippen LogP contribution < -0.4 is 0 Å². The zero-order valence-corrected chi connectivity index (χ0v) is 15.0. The van der Waals surface area contributed by atoms with Gasteiger partial charge < -0.3 is 9.40 Å². The Morgan fingerprint density at radius 1 is 1.32 bits per heavy atom. The summed E-state index contributed by atoms with van der Waals surface area (Å²) in [6, 6.07) is 3.99. The van der Waals surface area contributed by atoms with E-state index in [2.05, 4.69) is 31.8 Å². The summed E-state index contributed by atoms with van der Waals surface area (Å²) in [6.45, 7) is 3.85. The third kappa shape index (κ3) is 3.48. The topological polar surface area (TPSA) is 70.8 Å². The van der Waals surface area contributed by atoms with E-state index < -0.39 is 0 Å². The van der Waals surface area contributed by atoms with Crippen molar-refractivity contribution in [3.8, 4) is 0 Å². The highest BCUT2D eigenvalue weighted by Gasteiger charge is 2.32. The van der Waals surface area contributed by atoms with Gasteiger partial charge in [0, 0.05) is 42.4 Å². The van der Waals surface area contributed by atoms with E-state index in [9.17, 15) is 0 Å². The van der Waals surface area contributed by atoms with Crippen LogP contribution >= 0.6 is 11.8 Å². The Morgan fingerprint density at radius 3 is 2.96 bits per heavy atom. The van der Waals surface area contributed by atoms with Crippen LogP contribution in [0.15, 0.2) is 46.7 Å². The van der Waals surface area contributed by atoms with Gasteiger partial charge in [0.1, 0.15) is 5.76 Å². The zero-order valence-electron chi connectivity index (χ0n) is 14.2. The standard InChI is InChI=1S/C18H21N5OS/c1-2-8-25-18-19-9-13(10-20-18)17-16-15(21-12-22-16)5-6-23(17)11-14-4-3-7-24-14/h3-4,7,9-10,12,17H,2,5-6,8,11H2,1H3,(H,21,22)/t17-/m0/s1. The maximum absolute atomic E-state index is 5.55. The predicted octanol–water partition coefficient (Wildman–Crippen LogP) is 3.44. The van der Waals surface area contributed by atoms with Crippen LogP contribution in [0.3, 0.4) is 0 Å². The molecule has 0 saturated heterocycles. The molecule has 3 aromatic heterocycles. The van der Waals surface area contributed by atoms with Crippen molar-refractivity contribution in [2.75, 3.05) is 12.3 Å². The largest absolute Gasteiger partial charge is 0.468 e. The molecule has 0 spiro atoms. The second-order valence-corrected chi connectivity index (χ2v) is 7.18. The summed E-state index contributed by atoms with van der Waals surface area (Å²) in [4.78, 5) is 19.3. The Kier molecular flexibility index (Phi) is 4.85. The number of thioether (sulfide) groups is 1. The second kappa shape index (κ2) is 7.41. The van der Waals surface area contributed by atoms with E-state index in [0.29, 0.717) is 0 Å². The van der Waals surface area contributed by atoms with E-state index in [4.69, 9.17) is 4.42 Å². The first-order valence-corrected chi connectivity index (χ1v) is 9.57. The van der Waals surface area contributed by atoms with Gasteiger partial charge in [0.25, 0.3) is 0 Å². The second-order valence-electron chi connectivity index (χ2n) is 6.12. The van der Waals surface area contributed by atoms with E-state index in [-0.39, 0.29) is 6.04 Å². The maximum atomic E-state index is 5.55. The van der Waals surface area contributed by atoms with Gasteiger partial charge >= 0.3 is 0 Å². The molecule has 0 aromatic carbocycles. The van der Waals surface area contributed by atoms with Crippen molar-refractivity contribution in [3.05, 3.63) is 59.8 Å². The van der Waals surface area contributed by atoms with Gasteiger partial charge in [0.15, 0.2) is 5.16 Å². The molecule has 0 bridgehead atoms. The first kappa shape index (κ1) is 16.4. The average Bonchev–Trinajstić information content (AvgIpc) is 3.32. The van der Waals surface area contributed by atoms with Crippen molar-refractivity contribution in [2.45, 2.75) is 37.5 Å². The van der Waals surface area contributed by atoms with Crippen molar-refractivity contribution in [1.82, 2.24) is 24.8 Å². The van der Waals surface area contributed by atoms with Crippen molar-refractivity contribution in [2.24, 2.45) is 0 Å². The Labute approximate surface area is 151 Å². The fourth-order valence-corrected chi connectivity index (χ4v) is 3.84. The summed E-state index contributed by atoms with van der Waals surface area (Å²) in [5.41, 5.74) is 3.33. The van der Waals surface area contributed by atoms with E-state index in [1.54, 1.807) is 24.4 Å². The fourth-order valence-electron chi connectivity index (χ4n) is 3.20. The quantitative estimate of drug-likeness (QED) is 0.539. The molecule has 0 fully saturated rings. The third-order valence-electron chi connectivity index (χ3n) is 4.36. The highest BCUT2D eigenvalue weighted by Crippen LogP contribution is 2.34. The minimum Gasteiger partial charge on any atom is -0.468 e. The van der Waals surface area contributed by atoms with Crippen LogP contribution in [-0.2, 0) is 13.0 Å². The maximum Gasteiger partial charge on any atom is 0.187 e. The van der Waals surface area contributed by atoms with Crippen molar-refractivity contribution >= 4 is 11.8 Å². The number of H-pyrrole nitrogens is 1. The van der Waals surface area contributed by atoms with Crippen LogP contribution in [0.25, 0.3) is 0 Å². The number of imidazole rings is 1. The lowest BCUT2D eigenvalue weighted by Gasteiger charge is -2.34. The van der Waals surface area contributed by atoms with Crippen molar-refractivity contribution in [1.29, 1.82) is 0 Å². The number of aromatic nitrogens is 4. The number of aromatic amines is 1. The van der Waals surface area contributed by atoms with E-state index in [0.717, 1.165) is 53.9 Å². The molecule has 25 heavy (non-hydrogen) atoms. The van der Waals surface area contributed by atoms with Gasteiger partial charge in [-0.25, -0.2) is 15.0 Å². The summed E-state index contributed by atoms with van der Waals surface area (Å²) < 4.78 is 5.55. The summed E-state index contributed by atoms with van der Waals surface area (Å²) in [5, 5.41) is 0.834. The molecule has 4 heterocycles. The molecule has 130 valence electrons. The lowest BCUT2D eigenvalue weighted by atomic mass is 9.97. The summed E-state index contributed by atoms with van der Waals surface area (Å²) in [5.74, 6) is 2.00. The van der Waals surface area contributed by atoms with Crippen LogP contribution in [0.5, 0.6) is 0 Å². The lowest BCUT2D eigenvalue weighted by molar-refractivity contribution is 0.184. The molecule has 4 rings (SSSR count). The molecule has 0 amide bonds. The zero-order chi connectivity index (χ0) is 17.1. The number of furan rings is 1. The molecule has 1 aliphatic rings. The number of hydrogen-bond acceptors (Lipinski definition) is 6. The summed E-state index contributed by atoms with van der Waals surface area (Å²) >= 11 is 1.70. The molecule has 0 aliphatic carbocycles. The molecule has 0 saturated carbocycles. The number of rotatable bonds is 6. The number of fused-ring (bicyclic) bond motifs is 1. The molecule has 1 atom stereocenters. The molecule has 0 radical (unpaired) electrons. The van der Waals surface area contributed by atoms with Gasteiger partial charge in [-0.3, -0.25) is 4.90 Å². The highest BCUT2D eigenvalue weighted by atomic mass is 32.2. The fraction of sp³-hybridized carbons (Fsp3) is 0.389. The first-order valence-electron chi connectivity index (χ1n) is 8.58. The monoisotopic (exact) mass is 355 g/mol. The first-order chi connectivity index (χ1) is 12.3. The van der Waals surface area contributed by atoms with Crippen LogP contribution in [0, 0.1) is 0 Å². The molecule has 1 N–H and O–H groups in total. The Balaban J connectivity index is 1.62. The highest BCUT2D eigenvalue weighted by molar-refractivity contribution is 7.99. The van der Waals surface area contributed by atoms with E-state index in [1.165, 1.54) is 5.69 Å². The molecule has 6 nitrogen and oxygen atoms in total. The number of nitrogens with zero attached hydrogens (tertiary/aromatic N) is 4. The van der Waals surface area contributed by atoms with Gasteiger partial charge in [-0.2, -0.15) is 0 Å². The van der Waals surface area contributed by atoms with Crippen LogP contribution in [-0.4, -0.2) is 37.1 Å². The normalized spacial score (nSPS) is 17.6. The molecule has 1 aliphatic heterocycles. The summed E-state index contributed by atoms with van der Waals surface area (Å²) in [6.07, 6.45) is 9.45. The number of nitrogens with one attached hydrogen (secondary N) is 1. The predicted molar refractivity (Wildman–Crippen MR) is 96.3 cm³/mol. The molecule has 7 heteroatoms. The number of hydrogen-bond donors (Lipinski definition) is 1.